The Morgan fingerprint density at radius 3 is 2.53 bits per heavy atom. The highest BCUT2D eigenvalue weighted by Gasteiger charge is 2.29. The fraction of sp³-hybridized carbons (Fsp3) is 0.273. The Morgan fingerprint density at radius 1 is 1.09 bits per heavy atom. The molecule has 3 aromatic rings. The van der Waals surface area contributed by atoms with Crippen molar-refractivity contribution in [3.05, 3.63) is 86.9 Å². The molecule has 1 aliphatic rings. The summed E-state index contributed by atoms with van der Waals surface area (Å²) >= 11 is 6.06. The molecule has 8 nitrogen and oxygen atoms in total. The van der Waals surface area contributed by atoms with Gasteiger partial charge in [-0.05, 0) is 23.3 Å². The number of rotatable bonds is 7. The third-order valence-electron chi connectivity index (χ3n) is 5.37. The molecule has 166 valence electrons. The van der Waals surface area contributed by atoms with Crippen LogP contribution in [0.4, 0.5) is 21.7 Å². The number of hydrogen-bond acceptors (Lipinski definition) is 7. The van der Waals surface area contributed by atoms with E-state index >= 15 is 0 Å². The zero-order valence-electron chi connectivity index (χ0n) is 17.2. The molecule has 0 atom stereocenters. The number of nitrogens with zero attached hydrogens (tertiary/aromatic N) is 5. The molecule has 1 aromatic heterocycles. The second kappa shape index (κ2) is 9.88. The molecule has 0 saturated carbocycles. The standard InChI is InChI=1S/C22H22ClFN6O2/c23-19-12-18(24)7-6-17(19)13-25-21-20(30(31)32)22(27-15-26-21)29-10-8-28(9-11-29)14-16-4-2-1-3-5-16/h1-7,12,15H,8-11,13-14H2,(H,25,26,27). The van der Waals surface area contributed by atoms with Crippen LogP contribution < -0.4 is 10.2 Å². The number of hydrogen-bond donors (Lipinski definition) is 1. The smallest absolute Gasteiger partial charge is 0.353 e. The number of aromatic nitrogens is 2. The summed E-state index contributed by atoms with van der Waals surface area (Å²) in [4.78, 5) is 23.9. The van der Waals surface area contributed by atoms with E-state index in [0.717, 1.165) is 19.6 Å². The Morgan fingerprint density at radius 2 is 1.84 bits per heavy atom. The number of piperazine rings is 1. The van der Waals surface area contributed by atoms with Crippen molar-refractivity contribution >= 4 is 28.9 Å². The maximum atomic E-state index is 13.3. The van der Waals surface area contributed by atoms with E-state index in [1.54, 1.807) is 0 Å². The van der Waals surface area contributed by atoms with Gasteiger partial charge in [0.1, 0.15) is 12.1 Å². The first kappa shape index (κ1) is 21.9. The van der Waals surface area contributed by atoms with Crippen LogP contribution in [0.1, 0.15) is 11.1 Å². The van der Waals surface area contributed by atoms with Crippen LogP contribution in [0.25, 0.3) is 0 Å². The SMILES string of the molecule is O=[N+]([O-])c1c(NCc2ccc(F)cc2Cl)ncnc1N1CCN(Cc2ccccc2)CC1. The monoisotopic (exact) mass is 456 g/mol. The van der Waals surface area contributed by atoms with Gasteiger partial charge in [0, 0.05) is 44.3 Å². The number of halogens is 2. The second-order valence-electron chi connectivity index (χ2n) is 7.49. The summed E-state index contributed by atoms with van der Waals surface area (Å²) in [6.07, 6.45) is 1.31. The molecule has 32 heavy (non-hydrogen) atoms. The van der Waals surface area contributed by atoms with Gasteiger partial charge >= 0.3 is 5.69 Å². The molecule has 2 aromatic carbocycles. The molecule has 10 heteroatoms. The van der Waals surface area contributed by atoms with Crippen LogP contribution in [0.2, 0.25) is 5.02 Å². The first-order valence-corrected chi connectivity index (χ1v) is 10.6. The van der Waals surface area contributed by atoms with Gasteiger partial charge in [-0.3, -0.25) is 15.0 Å². The lowest BCUT2D eigenvalue weighted by atomic mass is 10.2. The van der Waals surface area contributed by atoms with E-state index in [4.69, 9.17) is 11.6 Å². The first-order valence-electron chi connectivity index (χ1n) is 10.2. The predicted octanol–water partition coefficient (Wildman–Crippen LogP) is 4.11. The lowest BCUT2D eigenvalue weighted by Crippen LogP contribution is -2.46. The largest absolute Gasteiger partial charge is 0.360 e. The Kier molecular flexibility index (Phi) is 6.77. The van der Waals surface area contributed by atoms with Gasteiger partial charge in [0.15, 0.2) is 0 Å². The topological polar surface area (TPSA) is 87.4 Å². The summed E-state index contributed by atoms with van der Waals surface area (Å²) in [6, 6.07) is 14.2. The van der Waals surface area contributed by atoms with E-state index in [1.165, 1.54) is 30.1 Å². The first-order chi connectivity index (χ1) is 15.5. The molecule has 0 bridgehead atoms. The maximum absolute atomic E-state index is 13.3. The molecule has 0 unspecified atom stereocenters. The van der Waals surface area contributed by atoms with Crippen LogP contribution >= 0.6 is 11.6 Å². The molecule has 1 N–H and O–H groups in total. The molecule has 1 aliphatic heterocycles. The Hall–Kier alpha value is -3.30. The highest BCUT2D eigenvalue weighted by atomic mass is 35.5. The van der Waals surface area contributed by atoms with Crippen LogP contribution in [0.15, 0.2) is 54.9 Å². The lowest BCUT2D eigenvalue weighted by Gasteiger charge is -2.35. The number of nitrogens with one attached hydrogen (secondary N) is 1. The fourth-order valence-electron chi connectivity index (χ4n) is 3.70. The van der Waals surface area contributed by atoms with E-state index in [2.05, 4.69) is 32.3 Å². The van der Waals surface area contributed by atoms with Gasteiger partial charge < -0.3 is 10.2 Å². The second-order valence-corrected chi connectivity index (χ2v) is 7.90. The summed E-state index contributed by atoms with van der Waals surface area (Å²) in [5.41, 5.74) is 1.67. The molecule has 0 radical (unpaired) electrons. The molecule has 1 fully saturated rings. The molecule has 1 saturated heterocycles. The third kappa shape index (κ3) is 5.12. The van der Waals surface area contributed by atoms with Crippen molar-refractivity contribution in [2.24, 2.45) is 0 Å². The molecular weight excluding hydrogens is 435 g/mol. The molecule has 0 aliphatic carbocycles. The number of benzene rings is 2. The van der Waals surface area contributed by atoms with Crippen molar-refractivity contribution < 1.29 is 9.31 Å². The van der Waals surface area contributed by atoms with Crippen LogP contribution in [-0.2, 0) is 13.1 Å². The van der Waals surface area contributed by atoms with Crippen LogP contribution in [-0.4, -0.2) is 46.0 Å². The predicted molar refractivity (Wildman–Crippen MR) is 121 cm³/mol. The van der Waals surface area contributed by atoms with Gasteiger partial charge in [-0.2, -0.15) is 0 Å². The summed E-state index contributed by atoms with van der Waals surface area (Å²) in [6.45, 7) is 3.78. The van der Waals surface area contributed by atoms with Gasteiger partial charge in [0.2, 0.25) is 11.6 Å². The Bertz CT molecular complexity index is 1090. The third-order valence-corrected chi connectivity index (χ3v) is 5.72. The van der Waals surface area contributed by atoms with E-state index in [9.17, 15) is 14.5 Å². The van der Waals surface area contributed by atoms with Crippen molar-refractivity contribution in [1.82, 2.24) is 14.9 Å². The quantitative estimate of drug-likeness (QED) is 0.422. The van der Waals surface area contributed by atoms with E-state index < -0.39 is 10.7 Å². The zero-order valence-corrected chi connectivity index (χ0v) is 18.0. The zero-order chi connectivity index (χ0) is 22.5. The molecular formula is C22H22ClFN6O2. The van der Waals surface area contributed by atoms with E-state index in [0.29, 0.717) is 18.7 Å². The lowest BCUT2D eigenvalue weighted by molar-refractivity contribution is -0.383. The summed E-state index contributed by atoms with van der Waals surface area (Å²) in [5.74, 6) is -0.0513. The average molecular weight is 457 g/mol. The van der Waals surface area contributed by atoms with Gasteiger partial charge in [0.05, 0.1) is 4.92 Å². The summed E-state index contributed by atoms with van der Waals surface area (Å²) in [5, 5.41) is 15.1. The molecule has 0 amide bonds. The van der Waals surface area contributed by atoms with Crippen molar-refractivity contribution in [3.8, 4) is 0 Å². The van der Waals surface area contributed by atoms with Gasteiger partial charge in [-0.25, -0.2) is 14.4 Å². The van der Waals surface area contributed by atoms with Crippen LogP contribution in [0.5, 0.6) is 0 Å². The number of anilines is 2. The Balaban J connectivity index is 1.46. The maximum Gasteiger partial charge on any atom is 0.353 e. The van der Waals surface area contributed by atoms with Gasteiger partial charge in [-0.1, -0.05) is 48.0 Å². The van der Waals surface area contributed by atoms with E-state index in [-0.39, 0.29) is 28.9 Å². The molecule has 2 heterocycles. The van der Waals surface area contributed by atoms with E-state index in [1.807, 2.05) is 23.1 Å². The van der Waals surface area contributed by atoms with Crippen molar-refractivity contribution in [1.29, 1.82) is 0 Å². The fourth-order valence-corrected chi connectivity index (χ4v) is 3.94. The molecule has 0 spiro atoms. The minimum Gasteiger partial charge on any atom is -0.360 e. The number of nitro groups is 1. The van der Waals surface area contributed by atoms with Crippen molar-refractivity contribution in [3.63, 3.8) is 0 Å². The van der Waals surface area contributed by atoms with Crippen molar-refractivity contribution in [2.75, 3.05) is 36.4 Å². The highest BCUT2D eigenvalue weighted by Crippen LogP contribution is 2.33. The molecule has 4 rings (SSSR count). The van der Waals surface area contributed by atoms with Crippen LogP contribution in [0.3, 0.4) is 0 Å². The summed E-state index contributed by atoms with van der Waals surface area (Å²) in [7, 11) is 0. The minimum absolute atomic E-state index is 0.104. The van der Waals surface area contributed by atoms with Crippen LogP contribution in [0, 0.1) is 15.9 Å². The minimum atomic E-state index is -0.472. The average Bonchev–Trinajstić information content (AvgIpc) is 2.79. The highest BCUT2D eigenvalue weighted by molar-refractivity contribution is 6.31. The van der Waals surface area contributed by atoms with Gasteiger partial charge in [-0.15, -0.1) is 0 Å². The van der Waals surface area contributed by atoms with Crippen molar-refractivity contribution in [2.45, 2.75) is 13.1 Å². The Labute approximate surface area is 189 Å². The van der Waals surface area contributed by atoms with Gasteiger partial charge in [0.25, 0.3) is 0 Å². The summed E-state index contributed by atoms with van der Waals surface area (Å²) < 4.78 is 13.3. The normalized spacial score (nSPS) is 14.4.